The fourth-order valence-corrected chi connectivity index (χ4v) is 3.44. The molecule has 0 radical (unpaired) electrons. The molecule has 0 unspecified atom stereocenters. The second-order valence-electron chi connectivity index (χ2n) is 6.75. The number of aryl methyl sites for hydroxylation is 1. The molecule has 3 rings (SSSR count). The van der Waals surface area contributed by atoms with Gasteiger partial charge in [-0.2, -0.15) is 0 Å². The minimum atomic E-state index is 0.342. The first-order valence-electron chi connectivity index (χ1n) is 8.90. The zero-order valence-corrected chi connectivity index (χ0v) is 14.2. The number of nitrogens with zero attached hydrogens (tertiary/aromatic N) is 2. The van der Waals surface area contributed by atoms with E-state index in [4.69, 9.17) is 4.74 Å². The Bertz CT molecular complexity index is 520. The number of piperazine rings is 1. The first-order chi connectivity index (χ1) is 11.3. The summed E-state index contributed by atoms with van der Waals surface area (Å²) < 4.78 is 5.27. The third kappa shape index (κ3) is 4.25. The fourth-order valence-electron chi connectivity index (χ4n) is 3.44. The van der Waals surface area contributed by atoms with Gasteiger partial charge < -0.3 is 9.64 Å². The van der Waals surface area contributed by atoms with E-state index in [2.05, 4.69) is 28.0 Å². The molecule has 4 heteroatoms. The van der Waals surface area contributed by atoms with E-state index in [0.717, 1.165) is 64.2 Å². The molecule has 1 aliphatic heterocycles. The van der Waals surface area contributed by atoms with Crippen molar-refractivity contribution in [1.82, 2.24) is 9.80 Å². The Labute approximate surface area is 139 Å². The van der Waals surface area contributed by atoms with Crippen LogP contribution in [0.5, 0.6) is 5.75 Å². The van der Waals surface area contributed by atoms with Crippen LogP contribution in [0.1, 0.15) is 31.2 Å². The molecule has 0 bridgehead atoms. The van der Waals surface area contributed by atoms with Gasteiger partial charge in [-0.15, -0.1) is 0 Å². The quantitative estimate of drug-likeness (QED) is 0.809. The third-order valence-corrected chi connectivity index (χ3v) is 5.21. The number of hydrogen-bond donors (Lipinski definition) is 0. The Morgan fingerprint density at radius 2 is 2.00 bits per heavy atom. The van der Waals surface area contributed by atoms with Crippen LogP contribution in [-0.2, 0) is 11.2 Å². The SMILES string of the molecule is COc1cccc(CCCN2CCN(C(=O)C3CCC3)CC2)c1. The normalized spacial score (nSPS) is 19.4. The highest BCUT2D eigenvalue weighted by Gasteiger charge is 2.30. The standard InChI is InChI=1S/C19H28N2O2/c1-23-18-9-2-5-16(15-18)6-4-10-20-11-13-21(14-12-20)19(22)17-7-3-8-17/h2,5,9,15,17H,3-4,6-8,10-14H2,1H3. The van der Waals surface area contributed by atoms with Crippen LogP contribution < -0.4 is 4.74 Å². The molecule has 0 aromatic heterocycles. The Kier molecular flexibility index (Phi) is 5.55. The molecule has 1 heterocycles. The molecule has 0 N–H and O–H groups in total. The second kappa shape index (κ2) is 7.82. The van der Waals surface area contributed by atoms with Crippen LogP contribution in [0, 0.1) is 5.92 Å². The number of carbonyl (C=O) groups is 1. The number of carbonyl (C=O) groups excluding carboxylic acids is 1. The molecule has 1 aromatic rings. The van der Waals surface area contributed by atoms with Gasteiger partial charge in [0.15, 0.2) is 0 Å². The average Bonchev–Trinajstić information content (AvgIpc) is 2.54. The highest BCUT2D eigenvalue weighted by atomic mass is 16.5. The largest absolute Gasteiger partial charge is 0.497 e. The number of rotatable bonds is 6. The maximum absolute atomic E-state index is 12.2. The molecular weight excluding hydrogens is 288 g/mol. The van der Waals surface area contributed by atoms with Crippen LogP contribution in [0.2, 0.25) is 0 Å². The first-order valence-corrected chi connectivity index (χ1v) is 8.90. The van der Waals surface area contributed by atoms with E-state index in [9.17, 15) is 4.79 Å². The predicted octanol–water partition coefficient (Wildman–Crippen LogP) is 2.57. The molecule has 126 valence electrons. The predicted molar refractivity (Wildman–Crippen MR) is 91.7 cm³/mol. The van der Waals surface area contributed by atoms with Crippen molar-refractivity contribution in [3.63, 3.8) is 0 Å². The Morgan fingerprint density at radius 1 is 1.22 bits per heavy atom. The number of hydrogen-bond acceptors (Lipinski definition) is 3. The number of ether oxygens (including phenoxy) is 1. The molecule has 0 spiro atoms. The van der Waals surface area contributed by atoms with Crippen molar-refractivity contribution in [2.24, 2.45) is 5.92 Å². The van der Waals surface area contributed by atoms with Crippen molar-refractivity contribution in [1.29, 1.82) is 0 Å². The number of methoxy groups -OCH3 is 1. The van der Waals surface area contributed by atoms with Crippen LogP contribution in [0.15, 0.2) is 24.3 Å². The number of amides is 1. The van der Waals surface area contributed by atoms with Crippen LogP contribution in [0.25, 0.3) is 0 Å². The van der Waals surface area contributed by atoms with Crippen molar-refractivity contribution in [2.75, 3.05) is 39.8 Å². The van der Waals surface area contributed by atoms with Crippen molar-refractivity contribution >= 4 is 5.91 Å². The van der Waals surface area contributed by atoms with Gasteiger partial charge in [0, 0.05) is 32.1 Å². The van der Waals surface area contributed by atoms with E-state index in [0.29, 0.717) is 11.8 Å². The zero-order valence-electron chi connectivity index (χ0n) is 14.2. The lowest BCUT2D eigenvalue weighted by Crippen LogP contribution is -2.51. The molecule has 1 saturated carbocycles. The average molecular weight is 316 g/mol. The minimum Gasteiger partial charge on any atom is -0.497 e. The maximum Gasteiger partial charge on any atom is 0.225 e. The minimum absolute atomic E-state index is 0.342. The summed E-state index contributed by atoms with van der Waals surface area (Å²) in [7, 11) is 1.71. The number of benzene rings is 1. The van der Waals surface area contributed by atoms with Crippen LogP contribution in [0.4, 0.5) is 0 Å². The van der Waals surface area contributed by atoms with Crippen molar-refractivity contribution in [2.45, 2.75) is 32.1 Å². The molecular formula is C19H28N2O2. The van der Waals surface area contributed by atoms with Crippen LogP contribution in [-0.4, -0.2) is 55.5 Å². The smallest absolute Gasteiger partial charge is 0.225 e. The summed E-state index contributed by atoms with van der Waals surface area (Å²) in [5.41, 5.74) is 1.34. The van der Waals surface area contributed by atoms with E-state index in [1.165, 1.54) is 12.0 Å². The van der Waals surface area contributed by atoms with E-state index in [1.807, 2.05) is 6.07 Å². The van der Waals surface area contributed by atoms with Crippen LogP contribution in [0.3, 0.4) is 0 Å². The summed E-state index contributed by atoms with van der Waals surface area (Å²) in [6, 6.07) is 8.33. The fraction of sp³-hybridized carbons (Fsp3) is 0.632. The van der Waals surface area contributed by atoms with Crippen molar-refractivity contribution in [3.8, 4) is 5.75 Å². The lowest BCUT2D eigenvalue weighted by atomic mass is 9.84. The van der Waals surface area contributed by atoms with Crippen LogP contribution >= 0.6 is 0 Å². The van der Waals surface area contributed by atoms with E-state index in [-0.39, 0.29) is 0 Å². The molecule has 4 nitrogen and oxygen atoms in total. The van der Waals surface area contributed by atoms with Gasteiger partial charge in [-0.3, -0.25) is 9.69 Å². The highest BCUT2D eigenvalue weighted by Crippen LogP contribution is 2.28. The molecule has 2 aliphatic rings. The molecule has 1 aromatic carbocycles. The molecule has 2 fully saturated rings. The van der Waals surface area contributed by atoms with E-state index in [1.54, 1.807) is 7.11 Å². The topological polar surface area (TPSA) is 32.8 Å². The summed E-state index contributed by atoms with van der Waals surface area (Å²) in [6.07, 6.45) is 5.70. The molecule has 0 atom stereocenters. The summed E-state index contributed by atoms with van der Waals surface area (Å²) in [4.78, 5) is 16.8. The lowest BCUT2D eigenvalue weighted by Gasteiger charge is -2.38. The molecule has 1 amide bonds. The highest BCUT2D eigenvalue weighted by molar-refractivity contribution is 5.79. The van der Waals surface area contributed by atoms with E-state index >= 15 is 0 Å². The summed E-state index contributed by atoms with van der Waals surface area (Å²) in [5, 5.41) is 0. The Hall–Kier alpha value is -1.55. The van der Waals surface area contributed by atoms with Gasteiger partial charge in [0.2, 0.25) is 5.91 Å². The van der Waals surface area contributed by atoms with Gasteiger partial charge in [0.1, 0.15) is 5.75 Å². The maximum atomic E-state index is 12.2. The van der Waals surface area contributed by atoms with Gasteiger partial charge >= 0.3 is 0 Å². The molecule has 1 saturated heterocycles. The van der Waals surface area contributed by atoms with Gasteiger partial charge in [0.05, 0.1) is 7.11 Å². The third-order valence-electron chi connectivity index (χ3n) is 5.21. The van der Waals surface area contributed by atoms with Gasteiger partial charge in [0.25, 0.3) is 0 Å². The first kappa shape index (κ1) is 16.3. The van der Waals surface area contributed by atoms with Gasteiger partial charge in [-0.25, -0.2) is 0 Å². The summed E-state index contributed by atoms with van der Waals surface area (Å²) >= 11 is 0. The molecule has 1 aliphatic carbocycles. The van der Waals surface area contributed by atoms with Gasteiger partial charge in [-0.05, 0) is 49.9 Å². The Morgan fingerprint density at radius 3 is 2.65 bits per heavy atom. The second-order valence-corrected chi connectivity index (χ2v) is 6.75. The Balaban J connectivity index is 1.36. The van der Waals surface area contributed by atoms with E-state index < -0.39 is 0 Å². The summed E-state index contributed by atoms with van der Waals surface area (Å²) in [6.45, 7) is 4.98. The monoisotopic (exact) mass is 316 g/mol. The zero-order chi connectivity index (χ0) is 16.1. The van der Waals surface area contributed by atoms with Gasteiger partial charge in [-0.1, -0.05) is 18.6 Å². The molecule has 23 heavy (non-hydrogen) atoms. The lowest BCUT2D eigenvalue weighted by molar-refractivity contribution is -0.139. The summed E-state index contributed by atoms with van der Waals surface area (Å²) in [5.74, 6) is 1.69. The van der Waals surface area contributed by atoms with Crippen molar-refractivity contribution in [3.05, 3.63) is 29.8 Å². The van der Waals surface area contributed by atoms with Crippen molar-refractivity contribution < 1.29 is 9.53 Å².